The molecule has 0 amide bonds. The molecule has 1 saturated heterocycles. The predicted molar refractivity (Wildman–Crippen MR) is 81.1 cm³/mol. The van der Waals surface area contributed by atoms with E-state index in [0.29, 0.717) is 24.7 Å². The molecule has 1 saturated carbocycles. The Morgan fingerprint density at radius 1 is 1.19 bits per heavy atom. The molecule has 4 nitrogen and oxygen atoms in total. The molecular weight excluding hydrogens is 266 g/mol. The Kier molecular flexibility index (Phi) is 3.66. The standard InChI is InChI=1S/C17H23NO3/c1-18-9-8-17(7-6-13(19)11-16(17)18)12-4-5-14(20-2)15(10-12)21-3/h4-5,10,16H,6-9,11H2,1-3H3/t16-,17?/m1/s1. The number of ketones is 1. The molecule has 21 heavy (non-hydrogen) atoms. The van der Waals surface area contributed by atoms with E-state index in [1.54, 1.807) is 14.2 Å². The lowest BCUT2D eigenvalue weighted by atomic mass is 9.66. The van der Waals surface area contributed by atoms with Crippen molar-refractivity contribution in [3.8, 4) is 11.5 Å². The Hall–Kier alpha value is -1.55. The fourth-order valence-corrected chi connectivity index (χ4v) is 4.07. The van der Waals surface area contributed by atoms with E-state index >= 15 is 0 Å². The molecule has 1 aromatic carbocycles. The highest BCUT2D eigenvalue weighted by Gasteiger charge is 2.50. The number of carbonyl (C=O) groups excluding carboxylic acids is 1. The third-order valence-corrected chi connectivity index (χ3v) is 5.31. The number of carbonyl (C=O) groups is 1. The third kappa shape index (κ3) is 2.22. The molecule has 4 heteroatoms. The summed E-state index contributed by atoms with van der Waals surface area (Å²) < 4.78 is 10.8. The molecule has 1 heterocycles. The zero-order valence-corrected chi connectivity index (χ0v) is 13.0. The molecule has 2 fully saturated rings. The van der Waals surface area contributed by atoms with Crippen LogP contribution in [-0.2, 0) is 10.2 Å². The highest BCUT2D eigenvalue weighted by atomic mass is 16.5. The predicted octanol–water partition coefficient (Wildman–Crippen LogP) is 2.40. The van der Waals surface area contributed by atoms with Crippen LogP contribution in [0.4, 0.5) is 0 Å². The number of fused-ring (bicyclic) bond motifs is 1. The number of likely N-dealkylation sites (tertiary alicyclic amines) is 1. The molecule has 2 aliphatic rings. The van der Waals surface area contributed by atoms with Crippen LogP contribution in [0.3, 0.4) is 0 Å². The van der Waals surface area contributed by atoms with Crippen molar-refractivity contribution in [2.75, 3.05) is 27.8 Å². The average Bonchev–Trinajstić information content (AvgIpc) is 2.85. The maximum Gasteiger partial charge on any atom is 0.161 e. The van der Waals surface area contributed by atoms with Gasteiger partial charge in [0, 0.05) is 24.3 Å². The highest BCUT2D eigenvalue weighted by Crippen LogP contribution is 2.48. The molecule has 0 aromatic heterocycles. The van der Waals surface area contributed by atoms with E-state index in [2.05, 4.69) is 24.1 Å². The van der Waals surface area contributed by atoms with Crippen LogP contribution in [0.1, 0.15) is 31.2 Å². The van der Waals surface area contributed by atoms with Crippen LogP contribution in [0, 0.1) is 0 Å². The van der Waals surface area contributed by atoms with Crippen molar-refractivity contribution < 1.29 is 14.3 Å². The first-order valence-electron chi connectivity index (χ1n) is 7.55. The summed E-state index contributed by atoms with van der Waals surface area (Å²) in [4.78, 5) is 14.2. The van der Waals surface area contributed by atoms with Crippen LogP contribution in [-0.4, -0.2) is 44.5 Å². The Bertz CT molecular complexity index is 557. The summed E-state index contributed by atoms with van der Waals surface area (Å²) in [6, 6.07) is 6.54. The number of likely N-dealkylation sites (N-methyl/N-ethyl adjacent to an activating group) is 1. The van der Waals surface area contributed by atoms with Gasteiger partial charge in [0.2, 0.25) is 0 Å². The summed E-state index contributed by atoms with van der Waals surface area (Å²) in [5.41, 5.74) is 1.37. The van der Waals surface area contributed by atoms with E-state index in [1.165, 1.54) is 5.56 Å². The summed E-state index contributed by atoms with van der Waals surface area (Å²) in [5, 5.41) is 0. The van der Waals surface area contributed by atoms with Crippen molar-refractivity contribution in [1.29, 1.82) is 0 Å². The molecule has 1 aromatic rings. The first-order valence-corrected chi connectivity index (χ1v) is 7.55. The lowest BCUT2D eigenvalue weighted by Gasteiger charge is -2.41. The Balaban J connectivity index is 2.03. The number of nitrogens with zero attached hydrogens (tertiary/aromatic N) is 1. The van der Waals surface area contributed by atoms with Crippen LogP contribution in [0.15, 0.2) is 18.2 Å². The average molecular weight is 289 g/mol. The molecule has 0 spiro atoms. The fourth-order valence-electron chi connectivity index (χ4n) is 4.07. The number of rotatable bonds is 3. The smallest absolute Gasteiger partial charge is 0.161 e. The number of benzene rings is 1. The SMILES string of the molecule is COc1ccc(C23CCC(=O)C[C@H]2N(C)CC3)cc1OC. The number of hydrogen-bond donors (Lipinski definition) is 0. The van der Waals surface area contributed by atoms with E-state index in [4.69, 9.17) is 9.47 Å². The molecule has 114 valence electrons. The molecule has 3 rings (SSSR count). The quantitative estimate of drug-likeness (QED) is 0.856. The van der Waals surface area contributed by atoms with Crippen molar-refractivity contribution in [1.82, 2.24) is 4.90 Å². The maximum atomic E-state index is 11.9. The van der Waals surface area contributed by atoms with Crippen LogP contribution < -0.4 is 9.47 Å². The molecule has 2 atom stereocenters. The van der Waals surface area contributed by atoms with Gasteiger partial charge in [-0.3, -0.25) is 4.79 Å². The van der Waals surface area contributed by atoms with Crippen molar-refractivity contribution in [3.63, 3.8) is 0 Å². The third-order valence-electron chi connectivity index (χ3n) is 5.31. The van der Waals surface area contributed by atoms with E-state index in [-0.39, 0.29) is 5.41 Å². The van der Waals surface area contributed by atoms with Gasteiger partial charge in [-0.25, -0.2) is 0 Å². The molecule has 0 radical (unpaired) electrons. The number of Topliss-reactive ketones (excluding diaryl/α,β-unsaturated/α-hetero) is 1. The first-order chi connectivity index (χ1) is 10.1. The molecule has 1 unspecified atom stereocenters. The van der Waals surface area contributed by atoms with Crippen molar-refractivity contribution >= 4 is 5.78 Å². The maximum absolute atomic E-state index is 11.9. The molecular formula is C17H23NO3. The minimum absolute atomic E-state index is 0.0855. The fraction of sp³-hybridized carbons (Fsp3) is 0.588. The van der Waals surface area contributed by atoms with Gasteiger partial charge in [0.1, 0.15) is 5.78 Å². The second-order valence-electron chi connectivity index (χ2n) is 6.22. The molecule has 0 bridgehead atoms. The Morgan fingerprint density at radius 2 is 1.95 bits per heavy atom. The summed E-state index contributed by atoms with van der Waals surface area (Å²) in [7, 11) is 5.45. The number of ether oxygens (including phenoxy) is 2. The summed E-state index contributed by atoms with van der Waals surface area (Å²) in [5.74, 6) is 1.92. The lowest BCUT2D eigenvalue weighted by Crippen LogP contribution is -2.46. The number of methoxy groups -OCH3 is 2. The van der Waals surface area contributed by atoms with Gasteiger partial charge >= 0.3 is 0 Å². The largest absolute Gasteiger partial charge is 0.493 e. The second-order valence-corrected chi connectivity index (χ2v) is 6.22. The molecule has 1 aliphatic carbocycles. The Labute approximate surface area is 126 Å². The monoisotopic (exact) mass is 289 g/mol. The second kappa shape index (κ2) is 5.34. The van der Waals surface area contributed by atoms with Gasteiger partial charge in [-0.1, -0.05) is 6.07 Å². The Morgan fingerprint density at radius 3 is 2.67 bits per heavy atom. The van der Waals surface area contributed by atoms with E-state index < -0.39 is 0 Å². The van der Waals surface area contributed by atoms with Gasteiger partial charge in [-0.2, -0.15) is 0 Å². The molecule has 0 N–H and O–H groups in total. The van der Waals surface area contributed by atoms with Crippen LogP contribution in [0.25, 0.3) is 0 Å². The van der Waals surface area contributed by atoms with E-state index in [0.717, 1.165) is 30.9 Å². The van der Waals surface area contributed by atoms with E-state index in [9.17, 15) is 4.79 Å². The van der Waals surface area contributed by atoms with E-state index in [1.807, 2.05) is 6.07 Å². The van der Waals surface area contributed by atoms with Gasteiger partial charge in [-0.05, 0) is 44.1 Å². The topological polar surface area (TPSA) is 38.8 Å². The van der Waals surface area contributed by atoms with Crippen LogP contribution in [0.2, 0.25) is 0 Å². The summed E-state index contributed by atoms with van der Waals surface area (Å²) in [6.45, 7) is 1.05. The van der Waals surface area contributed by atoms with Gasteiger partial charge < -0.3 is 14.4 Å². The molecule has 1 aliphatic heterocycles. The van der Waals surface area contributed by atoms with Gasteiger partial charge in [-0.15, -0.1) is 0 Å². The van der Waals surface area contributed by atoms with Gasteiger partial charge in [0.05, 0.1) is 14.2 Å². The lowest BCUT2D eigenvalue weighted by molar-refractivity contribution is -0.122. The highest BCUT2D eigenvalue weighted by molar-refractivity contribution is 5.81. The zero-order valence-electron chi connectivity index (χ0n) is 13.0. The van der Waals surface area contributed by atoms with Gasteiger partial charge in [0.15, 0.2) is 11.5 Å². The minimum Gasteiger partial charge on any atom is -0.493 e. The van der Waals surface area contributed by atoms with Crippen molar-refractivity contribution in [2.24, 2.45) is 0 Å². The number of hydrogen-bond acceptors (Lipinski definition) is 4. The minimum atomic E-state index is 0.0855. The van der Waals surface area contributed by atoms with Crippen molar-refractivity contribution in [2.45, 2.75) is 37.1 Å². The first kappa shape index (κ1) is 14.4. The van der Waals surface area contributed by atoms with Crippen molar-refractivity contribution in [3.05, 3.63) is 23.8 Å². The summed E-state index contributed by atoms with van der Waals surface area (Å²) in [6.07, 6.45) is 3.41. The van der Waals surface area contributed by atoms with Crippen LogP contribution in [0.5, 0.6) is 11.5 Å². The normalized spacial score (nSPS) is 29.3. The van der Waals surface area contributed by atoms with Crippen LogP contribution >= 0.6 is 0 Å². The zero-order chi connectivity index (χ0) is 15.0. The summed E-state index contributed by atoms with van der Waals surface area (Å²) >= 11 is 0. The van der Waals surface area contributed by atoms with Gasteiger partial charge in [0.25, 0.3) is 0 Å².